The van der Waals surface area contributed by atoms with Crippen LogP contribution in [0, 0.1) is 12.3 Å². The Hall–Kier alpha value is -1.50. The third-order valence-electron chi connectivity index (χ3n) is 5.30. The van der Waals surface area contributed by atoms with Crippen molar-refractivity contribution in [2.75, 3.05) is 26.3 Å². The van der Waals surface area contributed by atoms with Crippen LogP contribution in [0.1, 0.15) is 30.0 Å². The van der Waals surface area contributed by atoms with Gasteiger partial charge in [-0.25, -0.2) is 4.98 Å². The third kappa shape index (κ3) is 4.19. The molecule has 4 heterocycles. The second kappa shape index (κ2) is 7.40. The number of pyridine rings is 1. The minimum Gasteiger partial charge on any atom is -0.489 e. The molecule has 0 bridgehead atoms. The Labute approximate surface area is 153 Å². The maximum Gasteiger partial charge on any atom is 0.137 e. The van der Waals surface area contributed by atoms with Crippen molar-refractivity contribution in [1.82, 2.24) is 14.9 Å². The maximum absolute atomic E-state index is 6.05. The molecule has 2 aromatic heterocycles. The second-order valence-corrected chi connectivity index (χ2v) is 8.24. The zero-order valence-electron chi connectivity index (χ0n) is 14.7. The lowest BCUT2D eigenvalue weighted by Crippen LogP contribution is -2.40. The number of piperidine rings is 1. The van der Waals surface area contributed by atoms with E-state index in [-0.39, 0.29) is 6.10 Å². The molecule has 2 aliphatic heterocycles. The summed E-state index contributed by atoms with van der Waals surface area (Å²) < 4.78 is 11.9. The summed E-state index contributed by atoms with van der Waals surface area (Å²) in [5, 5.41) is 3.37. The Morgan fingerprint density at radius 1 is 1.40 bits per heavy atom. The first kappa shape index (κ1) is 16.9. The van der Waals surface area contributed by atoms with Crippen LogP contribution in [0.4, 0.5) is 0 Å². The van der Waals surface area contributed by atoms with Gasteiger partial charge < -0.3 is 9.47 Å². The summed E-state index contributed by atoms with van der Waals surface area (Å²) in [5.41, 5.74) is 1.48. The van der Waals surface area contributed by atoms with E-state index in [9.17, 15) is 0 Å². The smallest absolute Gasteiger partial charge is 0.137 e. The highest BCUT2D eigenvalue weighted by molar-refractivity contribution is 7.09. The number of aryl methyl sites for hydroxylation is 1. The van der Waals surface area contributed by atoms with Gasteiger partial charge >= 0.3 is 0 Å². The van der Waals surface area contributed by atoms with E-state index < -0.39 is 0 Å². The van der Waals surface area contributed by atoms with E-state index in [2.05, 4.69) is 27.2 Å². The summed E-state index contributed by atoms with van der Waals surface area (Å²) >= 11 is 1.77. The van der Waals surface area contributed by atoms with Crippen LogP contribution in [-0.4, -0.2) is 47.3 Å². The highest BCUT2D eigenvalue weighted by Crippen LogP contribution is 2.42. The first-order chi connectivity index (χ1) is 12.2. The summed E-state index contributed by atoms with van der Waals surface area (Å²) in [6.45, 7) is 6.82. The van der Waals surface area contributed by atoms with Crippen LogP contribution >= 0.6 is 11.3 Å². The van der Waals surface area contributed by atoms with Gasteiger partial charge in [0, 0.05) is 17.3 Å². The molecule has 2 aliphatic rings. The Bertz CT molecular complexity index is 683. The molecule has 0 N–H and O–H groups in total. The first-order valence-electron chi connectivity index (χ1n) is 8.99. The van der Waals surface area contributed by atoms with Crippen molar-refractivity contribution >= 4 is 11.3 Å². The van der Waals surface area contributed by atoms with Crippen LogP contribution < -0.4 is 4.74 Å². The molecule has 2 fully saturated rings. The molecule has 1 atom stereocenters. The first-order valence-corrected chi connectivity index (χ1v) is 9.87. The molecular weight excluding hydrogens is 334 g/mol. The zero-order chi connectivity index (χ0) is 17.1. The average molecular weight is 359 g/mol. The molecule has 134 valence electrons. The topological polar surface area (TPSA) is 47.5 Å². The molecule has 0 aromatic carbocycles. The van der Waals surface area contributed by atoms with Gasteiger partial charge in [0.25, 0.3) is 0 Å². The van der Waals surface area contributed by atoms with Crippen LogP contribution in [0.2, 0.25) is 0 Å². The summed E-state index contributed by atoms with van der Waals surface area (Å²) in [6.07, 6.45) is 7.24. The van der Waals surface area contributed by atoms with E-state index in [1.54, 1.807) is 23.7 Å². The molecule has 1 unspecified atom stereocenters. The van der Waals surface area contributed by atoms with Crippen molar-refractivity contribution < 1.29 is 9.47 Å². The molecule has 5 nitrogen and oxygen atoms in total. The van der Waals surface area contributed by atoms with E-state index in [1.807, 2.05) is 12.1 Å². The molecule has 25 heavy (non-hydrogen) atoms. The van der Waals surface area contributed by atoms with Crippen molar-refractivity contribution in [2.45, 2.75) is 38.8 Å². The zero-order valence-corrected chi connectivity index (χ0v) is 15.5. The van der Waals surface area contributed by atoms with Crippen LogP contribution in [0.15, 0.2) is 29.9 Å². The SMILES string of the molecule is Cc1csc(CN2CCC3(CC2)COC(COc2cccnc2)C3)n1. The van der Waals surface area contributed by atoms with Crippen LogP contribution in [-0.2, 0) is 11.3 Å². The number of likely N-dealkylation sites (tertiary alicyclic amines) is 1. The molecule has 6 heteroatoms. The molecule has 2 aromatic rings. The van der Waals surface area contributed by atoms with Gasteiger partial charge in [-0.3, -0.25) is 9.88 Å². The van der Waals surface area contributed by atoms with E-state index in [0.29, 0.717) is 12.0 Å². The Morgan fingerprint density at radius 2 is 2.28 bits per heavy atom. The van der Waals surface area contributed by atoms with Crippen LogP contribution in [0.3, 0.4) is 0 Å². The molecule has 2 saturated heterocycles. The van der Waals surface area contributed by atoms with Crippen LogP contribution in [0.25, 0.3) is 0 Å². The van der Waals surface area contributed by atoms with Crippen molar-refractivity contribution in [3.8, 4) is 5.75 Å². The highest BCUT2D eigenvalue weighted by atomic mass is 32.1. The van der Waals surface area contributed by atoms with Gasteiger partial charge in [-0.1, -0.05) is 0 Å². The lowest BCUT2D eigenvalue weighted by molar-refractivity contribution is 0.0470. The summed E-state index contributed by atoms with van der Waals surface area (Å²) in [4.78, 5) is 11.2. The predicted octanol–water partition coefficient (Wildman–Crippen LogP) is 3.30. The van der Waals surface area contributed by atoms with Crippen LogP contribution in [0.5, 0.6) is 5.75 Å². The Morgan fingerprint density at radius 3 is 3.00 bits per heavy atom. The molecule has 0 aliphatic carbocycles. The Kier molecular flexibility index (Phi) is 5.01. The largest absolute Gasteiger partial charge is 0.489 e. The van der Waals surface area contributed by atoms with Gasteiger partial charge in [0.2, 0.25) is 0 Å². The number of thiazole rings is 1. The molecule has 4 rings (SSSR count). The highest BCUT2D eigenvalue weighted by Gasteiger charge is 2.42. The molecule has 0 amide bonds. The number of hydrogen-bond donors (Lipinski definition) is 0. The normalized spacial score (nSPS) is 23.2. The fourth-order valence-electron chi connectivity index (χ4n) is 3.82. The minimum atomic E-state index is 0.202. The monoisotopic (exact) mass is 359 g/mol. The standard InChI is InChI=1S/C19H25N3O2S/c1-15-13-25-18(21-15)11-22-7-4-19(5-8-22)9-17(24-14-19)12-23-16-3-2-6-20-10-16/h2-3,6,10,13,17H,4-5,7-9,11-12,14H2,1H3. The average Bonchev–Trinajstić information content (AvgIpc) is 3.23. The fourth-order valence-corrected chi connectivity index (χ4v) is 4.64. The summed E-state index contributed by atoms with van der Waals surface area (Å²) in [6, 6.07) is 3.84. The number of aromatic nitrogens is 2. The maximum atomic E-state index is 6.05. The van der Waals surface area contributed by atoms with Gasteiger partial charge in [-0.15, -0.1) is 11.3 Å². The predicted molar refractivity (Wildman–Crippen MR) is 97.9 cm³/mol. The number of nitrogens with zero attached hydrogens (tertiary/aromatic N) is 3. The van der Waals surface area contributed by atoms with Crippen molar-refractivity contribution in [1.29, 1.82) is 0 Å². The molecule has 1 spiro atoms. The summed E-state index contributed by atoms with van der Waals surface area (Å²) in [5.74, 6) is 0.820. The van der Waals surface area contributed by atoms with Gasteiger partial charge in [-0.05, 0) is 56.8 Å². The fraction of sp³-hybridized carbons (Fsp3) is 0.579. The number of ether oxygens (including phenoxy) is 2. The van der Waals surface area contributed by atoms with Gasteiger partial charge in [-0.2, -0.15) is 0 Å². The van der Waals surface area contributed by atoms with Gasteiger partial charge in [0.15, 0.2) is 0 Å². The lowest BCUT2D eigenvalue weighted by atomic mass is 9.77. The minimum absolute atomic E-state index is 0.202. The van der Waals surface area contributed by atoms with Crippen molar-refractivity contribution in [3.63, 3.8) is 0 Å². The van der Waals surface area contributed by atoms with E-state index in [1.165, 1.54) is 17.8 Å². The lowest BCUT2D eigenvalue weighted by Gasteiger charge is -2.38. The van der Waals surface area contributed by atoms with E-state index in [0.717, 1.165) is 44.1 Å². The van der Waals surface area contributed by atoms with Crippen molar-refractivity contribution in [2.24, 2.45) is 5.41 Å². The second-order valence-electron chi connectivity index (χ2n) is 7.30. The summed E-state index contributed by atoms with van der Waals surface area (Å²) in [7, 11) is 0. The van der Waals surface area contributed by atoms with E-state index in [4.69, 9.17) is 9.47 Å². The van der Waals surface area contributed by atoms with E-state index >= 15 is 0 Å². The molecule has 0 saturated carbocycles. The van der Waals surface area contributed by atoms with Gasteiger partial charge in [0.05, 0.1) is 25.5 Å². The van der Waals surface area contributed by atoms with Gasteiger partial charge in [0.1, 0.15) is 17.4 Å². The number of rotatable bonds is 5. The Balaban J connectivity index is 1.24. The molecular formula is C19H25N3O2S. The molecule has 0 radical (unpaired) electrons. The quantitative estimate of drug-likeness (QED) is 0.820. The third-order valence-corrected chi connectivity index (χ3v) is 6.25. The number of hydrogen-bond acceptors (Lipinski definition) is 6. The van der Waals surface area contributed by atoms with Crippen molar-refractivity contribution in [3.05, 3.63) is 40.6 Å².